The van der Waals surface area contributed by atoms with E-state index < -0.39 is 12.0 Å². The average Bonchev–Trinajstić information content (AvgIpc) is 2.76. The molecular formula is C23H31F3OS. The molecule has 0 unspecified atom stereocenters. The van der Waals surface area contributed by atoms with Crippen molar-refractivity contribution in [2.75, 3.05) is 6.26 Å². The minimum atomic E-state index is -4.90. The van der Waals surface area contributed by atoms with Crippen molar-refractivity contribution in [2.24, 2.45) is 0 Å². The zero-order valence-electron chi connectivity index (χ0n) is 17.7. The van der Waals surface area contributed by atoms with Crippen molar-refractivity contribution in [1.29, 1.82) is 0 Å². The Labute approximate surface area is 172 Å². The van der Waals surface area contributed by atoms with Crippen LogP contribution in [0.4, 0.5) is 13.2 Å². The van der Waals surface area contributed by atoms with Gasteiger partial charge >= 0.3 is 6.18 Å². The van der Waals surface area contributed by atoms with E-state index in [1.165, 1.54) is 30.0 Å². The van der Waals surface area contributed by atoms with E-state index in [0.29, 0.717) is 5.56 Å². The lowest BCUT2D eigenvalue weighted by Crippen LogP contribution is -2.23. The molecule has 0 bridgehead atoms. The lowest BCUT2D eigenvalue weighted by Gasteiger charge is -2.10. The first kappa shape index (κ1) is 28.2. The molecule has 5 heteroatoms. The molecule has 2 aromatic carbocycles. The number of thioether (sulfide) groups is 1. The van der Waals surface area contributed by atoms with Gasteiger partial charge in [0.05, 0.1) is 0 Å². The average molecular weight is 413 g/mol. The number of hydrogen-bond donors (Lipinski definition) is 0. The number of Topliss-reactive ketones (excluding diaryl/α,β-unsaturated/α-hetero) is 1. The third-order valence-corrected chi connectivity index (χ3v) is 3.76. The van der Waals surface area contributed by atoms with Gasteiger partial charge in [-0.3, -0.25) is 4.79 Å². The van der Waals surface area contributed by atoms with Crippen LogP contribution in [0.5, 0.6) is 0 Å². The summed E-state index contributed by atoms with van der Waals surface area (Å²) in [5.41, 5.74) is 0.443. The van der Waals surface area contributed by atoms with E-state index in [4.69, 9.17) is 0 Å². The molecule has 0 atom stereocenters. The highest BCUT2D eigenvalue weighted by molar-refractivity contribution is 7.98. The number of ketones is 1. The van der Waals surface area contributed by atoms with E-state index in [1.807, 2.05) is 47.8 Å². The van der Waals surface area contributed by atoms with Crippen molar-refractivity contribution >= 4 is 29.2 Å². The Bertz CT molecular complexity index is 675. The van der Waals surface area contributed by atoms with Gasteiger partial charge in [0.25, 0.3) is 5.78 Å². The maximum atomic E-state index is 12.8. The highest BCUT2D eigenvalue weighted by atomic mass is 32.2. The number of hydrogen-bond acceptors (Lipinski definition) is 2. The number of allylic oxidation sites excluding steroid dienone is 1. The van der Waals surface area contributed by atoms with Gasteiger partial charge in [-0.25, -0.2) is 0 Å². The highest BCUT2D eigenvalue weighted by Crippen LogP contribution is 2.29. The highest BCUT2D eigenvalue weighted by Gasteiger charge is 2.40. The summed E-state index contributed by atoms with van der Waals surface area (Å²) in [6.07, 6.45) is -1.72. The summed E-state index contributed by atoms with van der Waals surface area (Å²) in [5, 5.41) is 0. The number of alkyl halides is 3. The van der Waals surface area contributed by atoms with Crippen LogP contribution in [0.2, 0.25) is 0 Å². The normalized spacial score (nSPS) is 10.3. The van der Waals surface area contributed by atoms with Gasteiger partial charge in [-0.1, -0.05) is 84.0 Å². The lowest BCUT2D eigenvalue weighted by atomic mass is 9.98. The second-order valence-corrected chi connectivity index (χ2v) is 5.40. The van der Waals surface area contributed by atoms with E-state index >= 15 is 0 Å². The van der Waals surface area contributed by atoms with Gasteiger partial charge in [0.1, 0.15) is 0 Å². The van der Waals surface area contributed by atoms with Gasteiger partial charge in [0.15, 0.2) is 0 Å². The molecular weight excluding hydrogens is 381 g/mol. The van der Waals surface area contributed by atoms with Crippen LogP contribution in [0.3, 0.4) is 0 Å². The zero-order valence-corrected chi connectivity index (χ0v) is 18.5. The summed E-state index contributed by atoms with van der Waals surface area (Å²) >= 11 is 1.54. The van der Waals surface area contributed by atoms with Gasteiger partial charge in [-0.2, -0.15) is 13.2 Å². The maximum Gasteiger partial charge on any atom is 0.454 e. The predicted molar refractivity (Wildman–Crippen MR) is 118 cm³/mol. The predicted octanol–water partition coefficient (Wildman–Crippen LogP) is 8.16. The zero-order chi connectivity index (χ0) is 22.2. The first-order valence-electron chi connectivity index (χ1n) is 9.44. The maximum absolute atomic E-state index is 12.8. The molecule has 156 valence electrons. The SMILES string of the molecule is CC.CC.CC.CSc1ccc(/C=C(/C(=O)C(F)(F)F)c2ccccc2)cc1. The van der Waals surface area contributed by atoms with Crippen LogP contribution in [-0.2, 0) is 4.79 Å². The molecule has 2 aromatic rings. The number of rotatable bonds is 4. The summed E-state index contributed by atoms with van der Waals surface area (Å²) in [4.78, 5) is 12.7. The summed E-state index contributed by atoms with van der Waals surface area (Å²) in [5.74, 6) is -1.84. The largest absolute Gasteiger partial charge is 0.454 e. The molecule has 28 heavy (non-hydrogen) atoms. The minimum Gasteiger partial charge on any atom is -0.284 e. The molecule has 0 radical (unpaired) electrons. The monoisotopic (exact) mass is 412 g/mol. The molecule has 0 aliphatic rings. The molecule has 0 aromatic heterocycles. The number of carbonyl (C=O) groups is 1. The fourth-order valence-corrected chi connectivity index (χ4v) is 2.33. The van der Waals surface area contributed by atoms with Crippen LogP contribution in [0, 0.1) is 0 Å². The molecule has 1 nitrogen and oxygen atoms in total. The van der Waals surface area contributed by atoms with Crippen LogP contribution in [0.15, 0.2) is 59.5 Å². The third kappa shape index (κ3) is 9.79. The second-order valence-electron chi connectivity index (χ2n) is 4.52. The second kappa shape index (κ2) is 16.0. The van der Waals surface area contributed by atoms with Crippen LogP contribution in [0.25, 0.3) is 11.6 Å². The Morgan fingerprint density at radius 3 is 1.68 bits per heavy atom. The number of carbonyl (C=O) groups excluding carboxylic acids is 1. The molecule has 0 saturated carbocycles. The summed E-state index contributed by atoms with van der Waals surface area (Å²) < 4.78 is 38.4. The molecule has 0 N–H and O–H groups in total. The Morgan fingerprint density at radius 1 is 0.821 bits per heavy atom. The van der Waals surface area contributed by atoms with Crippen molar-refractivity contribution in [3.8, 4) is 0 Å². The molecule has 0 amide bonds. The molecule has 0 fully saturated rings. The first-order valence-corrected chi connectivity index (χ1v) is 10.7. The fourth-order valence-electron chi connectivity index (χ4n) is 1.92. The van der Waals surface area contributed by atoms with Gasteiger partial charge in [0.2, 0.25) is 0 Å². The van der Waals surface area contributed by atoms with E-state index in [0.717, 1.165) is 4.90 Å². The Hall–Kier alpha value is -2.01. The molecule has 2 rings (SSSR count). The van der Waals surface area contributed by atoms with Crippen LogP contribution >= 0.6 is 11.8 Å². The third-order valence-electron chi connectivity index (χ3n) is 3.01. The van der Waals surface area contributed by atoms with E-state index in [-0.39, 0.29) is 11.1 Å². The van der Waals surface area contributed by atoms with E-state index in [9.17, 15) is 18.0 Å². The van der Waals surface area contributed by atoms with Crippen LogP contribution < -0.4 is 0 Å². The molecule has 0 aliphatic carbocycles. The molecule has 0 aliphatic heterocycles. The van der Waals surface area contributed by atoms with Crippen molar-refractivity contribution in [3.63, 3.8) is 0 Å². The van der Waals surface area contributed by atoms with Gasteiger partial charge in [0, 0.05) is 10.5 Å². The number of halogens is 3. The quantitative estimate of drug-likeness (QED) is 0.286. The Morgan fingerprint density at radius 2 is 1.29 bits per heavy atom. The van der Waals surface area contributed by atoms with Gasteiger partial charge < -0.3 is 0 Å². The lowest BCUT2D eigenvalue weighted by molar-refractivity contribution is -0.164. The standard InChI is InChI=1S/C17H13F3OS.3C2H6/c1-22-14-9-7-12(8-10-14)11-15(16(21)17(18,19)20)13-5-3-2-4-6-13;3*1-2/h2-11H,1H3;3*1-2H3/b15-11+;;;. The topological polar surface area (TPSA) is 17.1 Å². The van der Waals surface area contributed by atoms with Crippen molar-refractivity contribution in [3.05, 3.63) is 65.7 Å². The number of benzene rings is 2. The molecule has 0 heterocycles. The summed E-state index contributed by atoms with van der Waals surface area (Å²) in [6, 6.07) is 14.9. The van der Waals surface area contributed by atoms with E-state index in [1.54, 1.807) is 42.5 Å². The van der Waals surface area contributed by atoms with Crippen molar-refractivity contribution in [2.45, 2.75) is 52.6 Å². The van der Waals surface area contributed by atoms with Crippen LogP contribution in [-0.4, -0.2) is 18.2 Å². The minimum absolute atomic E-state index is 0.249. The Kier molecular flexibility index (Phi) is 16.1. The van der Waals surface area contributed by atoms with Gasteiger partial charge in [-0.05, 0) is 35.6 Å². The van der Waals surface area contributed by atoms with Crippen LogP contribution in [0.1, 0.15) is 52.7 Å². The van der Waals surface area contributed by atoms with Gasteiger partial charge in [-0.15, -0.1) is 11.8 Å². The summed E-state index contributed by atoms with van der Waals surface area (Å²) in [6.45, 7) is 12.0. The van der Waals surface area contributed by atoms with E-state index in [2.05, 4.69) is 0 Å². The van der Waals surface area contributed by atoms with Crippen molar-refractivity contribution < 1.29 is 18.0 Å². The fraction of sp³-hybridized carbons (Fsp3) is 0.348. The summed E-state index contributed by atoms with van der Waals surface area (Å²) in [7, 11) is 0. The molecule has 0 saturated heterocycles. The first-order chi connectivity index (χ1) is 13.4. The molecule has 0 spiro atoms. The Balaban J connectivity index is 0. The van der Waals surface area contributed by atoms with Crippen molar-refractivity contribution in [1.82, 2.24) is 0 Å². The smallest absolute Gasteiger partial charge is 0.284 e.